The molecule has 0 radical (unpaired) electrons. The fraction of sp³-hybridized carbons (Fsp3) is 0. The molecule has 0 aromatic heterocycles. The fourth-order valence-corrected chi connectivity index (χ4v) is 0. The van der Waals surface area contributed by atoms with Crippen LogP contribution in [0.25, 0.3) is 0 Å². The molecule has 0 aliphatic carbocycles. The van der Waals surface area contributed by atoms with E-state index in [-0.39, 0.29) is 23.1 Å². The van der Waals surface area contributed by atoms with Gasteiger partial charge < -0.3 is 0 Å². The SMILES string of the molecule is N#CS.N#CS.[MgH2]. The molecule has 0 aromatic rings. The van der Waals surface area contributed by atoms with E-state index in [0.29, 0.717) is 0 Å². The summed E-state index contributed by atoms with van der Waals surface area (Å²) in [5.74, 6) is 0. The van der Waals surface area contributed by atoms with Gasteiger partial charge in [-0.05, 0) is 0 Å². The van der Waals surface area contributed by atoms with Gasteiger partial charge in [0.2, 0.25) is 0 Å². The van der Waals surface area contributed by atoms with Crippen molar-refractivity contribution in [2.24, 2.45) is 0 Å². The molecule has 36 valence electrons. The minimum absolute atomic E-state index is 0. The summed E-state index contributed by atoms with van der Waals surface area (Å²) in [5, 5.41) is 17.3. The first-order valence-electron chi connectivity index (χ1n) is 0.894. The van der Waals surface area contributed by atoms with Gasteiger partial charge in [0, 0.05) is 0 Å². The molecular weight excluding hydrogens is 140 g/mol. The van der Waals surface area contributed by atoms with Crippen molar-refractivity contribution in [3.05, 3.63) is 0 Å². The summed E-state index contributed by atoms with van der Waals surface area (Å²) < 4.78 is 0. The van der Waals surface area contributed by atoms with E-state index in [1.165, 1.54) is 10.8 Å². The lowest BCUT2D eigenvalue weighted by Crippen LogP contribution is -0.961. The predicted octanol–water partition coefficient (Wildman–Crippen LogP) is -0.122. The van der Waals surface area contributed by atoms with E-state index in [1.54, 1.807) is 0 Å². The highest BCUT2D eigenvalue weighted by atomic mass is 32.1. The fourth-order valence-electron chi connectivity index (χ4n) is 0. The van der Waals surface area contributed by atoms with Crippen molar-refractivity contribution in [3.8, 4) is 10.8 Å². The van der Waals surface area contributed by atoms with E-state index in [0.717, 1.165) is 0 Å². The third-order valence-corrected chi connectivity index (χ3v) is 0. The summed E-state index contributed by atoms with van der Waals surface area (Å²) >= 11 is 6.19. The van der Waals surface area contributed by atoms with Crippen LogP contribution in [0.2, 0.25) is 0 Å². The zero-order valence-electron chi connectivity index (χ0n) is 2.79. The summed E-state index contributed by atoms with van der Waals surface area (Å²) in [4.78, 5) is 0. The standard InChI is InChI=1S/2CHNS.Mg.2H/c2*2-1-3;;;/h2*3H;;;. The average Bonchev–Trinajstić information content (AvgIpc) is 1.39. The maximum Gasteiger partial charge on any atom is 0.316 e. The van der Waals surface area contributed by atoms with Crippen LogP contribution in [0.3, 0.4) is 0 Å². The first-order valence-corrected chi connectivity index (χ1v) is 1.79. The lowest BCUT2D eigenvalue weighted by molar-refractivity contribution is 1.57. The molecule has 7 heavy (non-hydrogen) atoms. The number of nitrogens with zero attached hydrogens (tertiary/aromatic N) is 2. The summed E-state index contributed by atoms with van der Waals surface area (Å²) in [7, 11) is 0. The van der Waals surface area contributed by atoms with E-state index in [1.807, 2.05) is 0 Å². The van der Waals surface area contributed by atoms with Crippen molar-refractivity contribution >= 4 is 48.3 Å². The smallest absolute Gasteiger partial charge is 0.185 e. The van der Waals surface area contributed by atoms with Crippen LogP contribution in [0, 0.1) is 21.3 Å². The Morgan fingerprint density at radius 3 is 1.00 bits per heavy atom. The molecule has 0 saturated carbocycles. The topological polar surface area (TPSA) is 47.6 Å². The van der Waals surface area contributed by atoms with Gasteiger partial charge in [-0.1, -0.05) is 25.3 Å². The van der Waals surface area contributed by atoms with Crippen LogP contribution >= 0.6 is 25.3 Å². The number of thiol groups is 2. The van der Waals surface area contributed by atoms with E-state index in [2.05, 4.69) is 25.3 Å². The molecule has 0 rings (SSSR count). The summed E-state index contributed by atoms with van der Waals surface area (Å²) in [6.45, 7) is 0. The van der Waals surface area contributed by atoms with Crippen molar-refractivity contribution < 1.29 is 0 Å². The summed E-state index contributed by atoms with van der Waals surface area (Å²) in [6, 6.07) is 0. The minimum Gasteiger partial charge on any atom is -0.185 e. The molecule has 5 heteroatoms. The van der Waals surface area contributed by atoms with Gasteiger partial charge in [-0.2, -0.15) is 10.5 Å². The normalized spacial score (nSPS) is 2.29. The Hall–Kier alpha value is 0.446. The third kappa shape index (κ3) is 640. The molecule has 0 spiro atoms. The first kappa shape index (κ1) is 15.7. The molecule has 0 heterocycles. The van der Waals surface area contributed by atoms with Crippen molar-refractivity contribution in [3.63, 3.8) is 0 Å². The van der Waals surface area contributed by atoms with Crippen LogP contribution in [0.4, 0.5) is 0 Å². The monoisotopic (exact) mass is 144 g/mol. The lowest BCUT2D eigenvalue weighted by Gasteiger charge is -1.14. The average molecular weight is 145 g/mol. The highest BCUT2D eigenvalue weighted by Gasteiger charge is 1.18. The van der Waals surface area contributed by atoms with Gasteiger partial charge in [-0.15, -0.1) is 0 Å². The largest absolute Gasteiger partial charge is 0.316 e. The Labute approximate surface area is 69.5 Å². The Morgan fingerprint density at radius 2 is 1.00 bits per heavy atom. The predicted molar refractivity (Wildman–Crippen MR) is 37.7 cm³/mol. The minimum atomic E-state index is 0. The van der Waals surface area contributed by atoms with Crippen LogP contribution in [-0.2, 0) is 0 Å². The zero-order valence-corrected chi connectivity index (χ0v) is 4.58. The second-order valence-electron chi connectivity index (χ2n) is 0.200. The highest BCUT2D eigenvalue weighted by Crippen LogP contribution is 1.46. The van der Waals surface area contributed by atoms with Crippen molar-refractivity contribution in [1.82, 2.24) is 0 Å². The molecule has 0 amide bonds. The first-order chi connectivity index (χ1) is 2.83. The number of rotatable bonds is 0. The van der Waals surface area contributed by atoms with Crippen molar-refractivity contribution in [2.75, 3.05) is 0 Å². The van der Waals surface area contributed by atoms with Crippen LogP contribution in [0.5, 0.6) is 0 Å². The van der Waals surface area contributed by atoms with Gasteiger partial charge in [0.05, 0.1) is 0 Å². The highest BCUT2D eigenvalue weighted by molar-refractivity contribution is 7.85. The Balaban J connectivity index is -0.0000000400. The molecule has 0 aromatic carbocycles. The Bertz CT molecular complexity index is 68.7. The van der Waals surface area contributed by atoms with Crippen molar-refractivity contribution in [2.45, 2.75) is 0 Å². The van der Waals surface area contributed by atoms with Crippen molar-refractivity contribution in [1.29, 1.82) is 10.5 Å². The number of hydrogen-bond donors (Lipinski definition) is 2. The van der Waals surface area contributed by atoms with E-state index < -0.39 is 0 Å². The van der Waals surface area contributed by atoms with Gasteiger partial charge in [0.15, 0.2) is 0 Å². The zero-order chi connectivity index (χ0) is 5.41. The summed E-state index contributed by atoms with van der Waals surface area (Å²) in [5.41, 5.74) is 0. The molecule has 0 N–H and O–H groups in total. The Morgan fingerprint density at radius 1 is 1.00 bits per heavy atom. The van der Waals surface area contributed by atoms with E-state index in [4.69, 9.17) is 10.5 Å². The van der Waals surface area contributed by atoms with Gasteiger partial charge >= 0.3 is 23.1 Å². The van der Waals surface area contributed by atoms with Crippen LogP contribution in [0.15, 0.2) is 0 Å². The molecule has 0 atom stereocenters. The second-order valence-corrected chi connectivity index (χ2v) is 0.600. The quantitative estimate of drug-likeness (QED) is 0.283. The molecule has 2 nitrogen and oxygen atoms in total. The molecule has 0 fully saturated rings. The summed E-state index contributed by atoms with van der Waals surface area (Å²) in [6.07, 6.45) is 0. The van der Waals surface area contributed by atoms with Crippen LogP contribution in [-0.4, -0.2) is 23.1 Å². The second kappa shape index (κ2) is 32.0. The molecule has 0 unspecified atom stereocenters. The van der Waals surface area contributed by atoms with Gasteiger partial charge in [0.1, 0.15) is 10.8 Å². The number of thiocyanates is 2. The number of nitriles is 2. The maximum atomic E-state index is 7.18. The molecule has 0 bridgehead atoms. The van der Waals surface area contributed by atoms with Crippen LogP contribution in [0.1, 0.15) is 0 Å². The third-order valence-electron chi connectivity index (χ3n) is 0. The van der Waals surface area contributed by atoms with Crippen LogP contribution < -0.4 is 0 Å². The maximum absolute atomic E-state index is 7.18. The molecule has 0 saturated heterocycles. The van der Waals surface area contributed by atoms with E-state index >= 15 is 0 Å². The van der Waals surface area contributed by atoms with Gasteiger partial charge in [-0.3, -0.25) is 0 Å². The molecule has 0 aliphatic heterocycles. The van der Waals surface area contributed by atoms with Gasteiger partial charge in [0.25, 0.3) is 0 Å². The van der Waals surface area contributed by atoms with Gasteiger partial charge in [-0.25, -0.2) is 0 Å². The molecule has 0 aliphatic rings. The van der Waals surface area contributed by atoms with E-state index in [9.17, 15) is 0 Å². The number of hydrogen-bond acceptors (Lipinski definition) is 4. The molecular formula is C2H4MgN2S2. The Kier molecular flexibility index (Phi) is 71.4. The lowest BCUT2D eigenvalue weighted by atomic mass is 11.8.